The fourth-order valence-corrected chi connectivity index (χ4v) is 3.44. The van der Waals surface area contributed by atoms with E-state index in [1.54, 1.807) is 0 Å². The summed E-state index contributed by atoms with van der Waals surface area (Å²) in [7, 11) is 0. The van der Waals surface area contributed by atoms with Gasteiger partial charge in [0.05, 0.1) is 18.8 Å². The van der Waals surface area contributed by atoms with Gasteiger partial charge in [0.15, 0.2) is 5.96 Å². The van der Waals surface area contributed by atoms with Gasteiger partial charge < -0.3 is 15.4 Å². The maximum absolute atomic E-state index is 6.17. The van der Waals surface area contributed by atoms with Crippen molar-refractivity contribution in [3.63, 3.8) is 0 Å². The Morgan fingerprint density at radius 1 is 1.33 bits per heavy atom. The van der Waals surface area contributed by atoms with Crippen LogP contribution in [-0.4, -0.2) is 42.7 Å². The Labute approximate surface area is 127 Å². The quantitative estimate of drug-likeness (QED) is 0.670. The number of aliphatic imine (C=N–C) groups is 1. The standard InChI is InChI=1S/C17H25N3O/c1-13-12-20(8-9-21-13)16(18)19-15-10-17(2,11-15)14-6-4-3-5-7-14/h3-7,13,15H,8-12H2,1-2H3,(H2,18,19). The Bertz CT molecular complexity index is 508. The summed E-state index contributed by atoms with van der Waals surface area (Å²) < 4.78 is 5.54. The molecule has 0 radical (unpaired) electrons. The molecule has 0 spiro atoms. The van der Waals surface area contributed by atoms with E-state index in [2.05, 4.69) is 49.1 Å². The average molecular weight is 287 g/mol. The van der Waals surface area contributed by atoms with Gasteiger partial charge in [-0.3, -0.25) is 0 Å². The molecule has 1 saturated heterocycles. The van der Waals surface area contributed by atoms with Crippen molar-refractivity contribution in [1.29, 1.82) is 0 Å². The molecular formula is C17H25N3O. The fraction of sp³-hybridized carbons (Fsp3) is 0.588. The minimum absolute atomic E-state index is 0.239. The van der Waals surface area contributed by atoms with Crippen molar-refractivity contribution in [1.82, 2.24) is 4.90 Å². The molecule has 1 aromatic carbocycles. The zero-order valence-corrected chi connectivity index (χ0v) is 13.0. The van der Waals surface area contributed by atoms with Gasteiger partial charge in [0.25, 0.3) is 0 Å². The summed E-state index contributed by atoms with van der Waals surface area (Å²) in [5.41, 5.74) is 7.84. The van der Waals surface area contributed by atoms with Gasteiger partial charge in [0, 0.05) is 13.1 Å². The first-order valence-electron chi connectivity index (χ1n) is 7.82. The average Bonchev–Trinajstić information content (AvgIpc) is 2.46. The molecule has 3 rings (SSSR count). The molecule has 1 aromatic rings. The Morgan fingerprint density at radius 2 is 2.05 bits per heavy atom. The maximum Gasteiger partial charge on any atom is 0.191 e. The van der Waals surface area contributed by atoms with E-state index in [0.29, 0.717) is 12.0 Å². The van der Waals surface area contributed by atoms with E-state index in [9.17, 15) is 0 Å². The van der Waals surface area contributed by atoms with Crippen molar-refractivity contribution in [2.75, 3.05) is 19.7 Å². The highest BCUT2D eigenvalue weighted by molar-refractivity contribution is 5.78. The van der Waals surface area contributed by atoms with E-state index in [1.165, 1.54) is 5.56 Å². The zero-order chi connectivity index (χ0) is 14.9. The van der Waals surface area contributed by atoms with E-state index in [1.807, 2.05) is 0 Å². The van der Waals surface area contributed by atoms with Crippen LogP contribution >= 0.6 is 0 Å². The molecule has 0 bridgehead atoms. The van der Waals surface area contributed by atoms with Crippen LogP contribution in [0.2, 0.25) is 0 Å². The molecular weight excluding hydrogens is 262 g/mol. The Balaban J connectivity index is 1.60. The first-order valence-corrected chi connectivity index (χ1v) is 7.82. The second kappa shape index (κ2) is 5.68. The Hall–Kier alpha value is -1.55. The van der Waals surface area contributed by atoms with E-state index in [4.69, 9.17) is 15.5 Å². The van der Waals surface area contributed by atoms with Crippen LogP contribution in [0.15, 0.2) is 35.3 Å². The van der Waals surface area contributed by atoms with E-state index in [0.717, 1.165) is 32.5 Å². The maximum atomic E-state index is 6.17. The van der Waals surface area contributed by atoms with Crippen LogP contribution in [0.3, 0.4) is 0 Å². The topological polar surface area (TPSA) is 50.8 Å². The van der Waals surface area contributed by atoms with Crippen LogP contribution in [0.4, 0.5) is 0 Å². The summed E-state index contributed by atoms with van der Waals surface area (Å²) in [6.07, 6.45) is 2.40. The minimum atomic E-state index is 0.239. The summed E-state index contributed by atoms with van der Waals surface area (Å²) in [6, 6.07) is 11.1. The number of hydrogen-bond acceptors (Lipinski definition) is 2. The van der Waals surface area contributed by atoms with Gasteiger partial charge in [-0.05, 0) is 30.7 Å². The molecule has 1 saturated carbocycles. The van der Waals surface area contributed by atoms with Gasteiger partial charge in [-0.2, -0.15) is 0 Å². The van der Waals surface area contributed by atoms with E-state index < -0.39 is 0 Å². The highest BCUT2D eigenvalue weighted by atomic mass is 16.5. The normalized spacial score (nSPS) is 33.6. The number of nitrogens with two attached hydrogens (primary N) is 1. The SMILES string of the molecule is CC1CN(C(N)=NC2CC(C)(c3ccccc3)C2)CCO1. The predicted molar refractivity (Wildman–Crippen MR) is 85.4 cm³/mol. The number of ether oxygens (including phenoxy) is 1. The molecule has 2 N–H and O–H groups in total. The third kappa shape index (κ3) is 3.05. The molecule has 0 aromatic heterocycles. The molecule has 21 heavy (non-hydrogen) atoms. The molecule has 114 valence electrons. The van der Waals surface area contributed by atoms with Crippen molar-refractivity contribution >= 4 is 5.96 Å². The van der Waals surface area contributed by atoms with Crippen molar-refractivity contribution in [2.45, 2.75) is 44.2 Å². The highest BCUT2D eigenvalue weighted by Gasteiger charge is 2.41. The van der Waals surface area contributed by atoms with Crippen molar-refractivity contribution in [2.24, 2.45) is 10.7 Å². The number of benzene rings is 1. The molecule has 2 aliphatic rings. The van der Waals surface area contributed by atoms with Crippen LogP contribution in [0, 0.1) is 0 Å². The van der Waals surface area contributed by atoms with E-state index in [-0.39, 0.29) is 11.5 Å². The lowest BCUT2D eigenvalue weighted by molar-refractivity contribution is 0.00504. The number of morpholine rings is 1. The van der Waals surface area contributed by atoms with Crippen LogP contribution in [0.25, 0.3) is 0 Å². The number of nitrogens with zero attached hydrogens (tertiary/aromatic N) is 2. The fourth-order valence-electron chi connectivity index (χ4n) is 3.44. The molecule has 1 heterocycles. The lowest BCUT2D eigenvalue weighted by Crippen LogP contribution is -2.49. The summed E-state index contributed by atoms with van der Waals surface area (Å²) in [5, 5.41) is 0. The van der Waals surface area contributed by atoms with Crippen molar-refractivity contribution in [3.05, 3.63) is 35.9 Å². The number of rotatable bonds is 2. The van der Waals surface area contributed by atoms with Crippen LogP contribution < -0.4 is 5.73 Å². The smallest absolute Gasteiger partial charge is 0.191 e. The summed E-state index contributed by atoms with van der Waals surface area (Å²) >= 11 is 0. The third-order valence-corrected chi connectivity index (χ3v) is 4.72. The summed E-state index contributed by atoms with van der Waals surface area (Å²) in [4.78, 5) is 6.87. The molecule has 1 atom stereocenters. The van der Waals surface area contributed by atoms with Crippen LogP contribution in [0.1, 0.15) is 32.3 Å². The Morgan fingerprint density at radius 3 is 2.71 bits per heavy atom. The lowest BCUT2D eigenvalue weighted by Gasteiger charge is -2.44. The molecule has 4 heteroatoms. The third-order valence-electron chi connectivity index (χ3n) is 4.72. The monoisotopic (exact) mass is 287 g/mol. The van der Waals surface area contributed by atoms with Crippen LogP contribution in [0.5, 0.6) is 0 Å². The number of hydrogen-bond donors (Lipinski definition) is 1. The molecule has 1 aliphatic heterocycles. The molecule has 0 amide bonds. The first-order chi connectivity index (χ1) is 10.1. The second-order valence-corrected chi connectivity index (χ2v) is 6.60. The number of guanidine groups is 1. The molecule has 4 nitrogen and oxygen atoms in total. The molecule has 2 fully saturated rings. The van der Waals surface area contributed by atoms with Gasteiger partial charge in [-0.15, -0.1) is 0 Å². The first kappa shape index (κ1) is 14.4. The lowest BCUT2D eigenvalue weighted by atomic mass is 9.63. The summed E-state index contributed by atoms with van der Waals surface area (Å²) in [5.74, 6) is 0.685. The van der Waals surface area contributed by atoms with E-state index >= 15 is 0 Å². The largest absolute Gasteiger partial charge is 0.375 e. The van der Waals surface area contributed by atoms with Gasteiger partial charge in [-0.1, -0.05) is 37.3 Å². The Kier molecular flexibility index (Phi) is 3.89. The van der Waals surface area contributed by atoms with Crippen molar-refractivity contribution in [3.8, 4) is 0 Å². The van der Waals surface area contributed by atoms with Gasteiger partial charge in [0.2, 0.25) is 0 Å². The second-order valence-electron chi connectivity index (χ2n) is 6.60. The van der Waals surface area contributed by atoms with Crippen molar-refractivity contribution < 1.29 is 4.74 Å². The van der Waals surface area contributed by atoms with Gasteiger partial charge in [0.1, 0.15) is 0 Å². The molecule has 1 unspecified atom stereocenters. The zero-order valence-electron chi connectivity index (χ0n) is 13.0. The highest BCUT2D eigenvalue weighted by Crippen LogP contribution is 2.44. The van der Waals surface area contributed by atoms with Crippen LogP contribution in [-0.2, 0) is 10.2 Å². The molecule has 1 aliphatic carbocycles. The predicted octanol–water partition coefficient (Wildman–Crippen LogP) is 2.14. The van der Waals surface area contributed by atoms with Gasteiger partial charge in [-0.25, -0.2) is 4.99 Å². The minimum Gasteiger partial charge on any atom is -0.375 e. The van der Waals surface area contributed by atoms with Gasteiger partial charge >= 0.3 is 0 Å². The summed E-state index contributed by atoms with van der Waals surface area (Å²) in [6.45, 7) is 6.83.